The Labute approximate surface area is 90.6 Å². The van der Waals surface area contributed by atoms with Crippen LogP contribution in [0.25, 0.3) is 0 Å². The molecule has 0 fully saturated rings. The molecule has 7 heteroatoms. The molecule has 0 saturated carbocycles. The van der Waals surface area contributed by atoms with Crippen molar-refractivity contribution in [2.75, 3.05) is 0 Å². The number of hydrogen-bond acceptors (Lipinski definition) is 2. The van der Waals surface area contributed by atoms with Crippen molar-refractivity contribution >= 4 is 28.5 Å². The fourth-order valence-electron chi connectivity index (χ4n) is 0.898. The minimum atomic E-state index is -2.93. The Hall–Kier alpha value is -0.990. The van der Waals surface area contributed by atoms with Crippen molar-refractivity contribution in [1.29, 1.82) is 0 Å². The lowest BCUT2D eigenvalue weighted by atomic mass is 10.2. The second-order valence-corrected chi connectivity index (χ2v) is 3.50. The molecule has 14 heavy (non-hydrogen) atoms. The van der Waals surface area contributed by atoms with Gasteiger partial charge < -0.3 is 10.7 Å². The molecule has 1 heterocycles. The molecule has 0 bridgehead atoms. The highest BCUT2D eigenvalue weighted by Gasteiger charge is 2.20. The third kappa shape index (κ3) is 1.91. The normalized spacial score (nSPS) is 10.6. The Morgan fingerprint density at radius 1 is 1.57 bits per heavy atom. The number of aromatic amines is 1. The number of carbonyl (C=O) groups excluding carboxylic acids is 1. The Balaban J connectivity index is 3.49. The third-order valence-electron chi connectivity index (χ3n) is 1.55. The number of alkyl halides is 2. The molecule has 1 rings (SSSR count). The number of pyridine rings is 1. The lowest BCUT2D eigenvalue weighted by molar-refractivity contribution is 0.0998. The van der Waals surface area contributed by atoms with Crippen LogP contribution in [0, 0.1) is 3.57 Å². The molecule has 1 amide bonds. The quantitative estimate of drug-likeness (QED) is 0.800. The van der Waals surface area contributed by atoms with Gasteiger partial charge in [-0.05, 0) is 22.6 Å². The van der Waals surface area contributed by atoms with Crippen molar-refractivity contribution in [3.63, 3.8) is 0 Å². The Bertz CT molecular complexity index is 430. The summed E-state index contributed by atoms with van der Waals surface area (Å²) in [4.78, 5) is 23.8. The second kappa shape index (κ2) is 4.03. The lowest BCUT2D eigenvalue weighted by Gasteiger charge is -2.04. The number of hydrogen-bond donors (Lipinski definition) is 2. The molecule has 0 spiro atoms. The van der Waals surface area contributed by atoms with E-state index in [2.05, 4.69) is 0 Å². The molecule has 0 unspecified atom stereocenters. The number of halogens is 3. The number of aromatic nitrogens is 1. The predicted octanol–water partition coefficient (Wildman–Crippen LogP) is 1.02. The molecule has 0 saturated heterocycles. The van der Waals surface area contributed by atoms with Crippen molar-refractivity contribution in [1.82, 2.24) is 4.98 Å². The van der Waals surface area contributed by atoms with Crippen LogP contribution < -0.4 is 11.3 Å². The zero-order valence-corrected chi connectivity index (χ0v) is 8.84. The summed E-state index contributed by atoms with van der Waals surface area (Å²) in [5, 5.41) is 0. The topological polar surface area (TPSA) is 76.0 Å². The van der Waals surface area contributed by atoms with Crippen LogP contribution in [0.3, 0.4) is 0 Å². The summed E-state index contributed by atoms with van der Waals surface area (Å²) < 4.78 is 24.6. The number of primary amides is 1. The average molecular weight is 314 g/mol. The van der Waals surface area contributed by atoms with E-state index in [1.165, 1.54) is 22.6 Å². The van der Waals surface area contributed by atoms with E-state index in [1.54, 1.807) is 0 Å². The van der Waals surface area contributed by atoms with E-state index in [9.17, 15) is 18.4 Å². The number of H-pyrrole nitrogens is 1. The summed E-state index contributed by atoms with van der Waals surface area (Å²) in [5.41, 5.74) is 3.18. The van der Waals surface area contributed by atoms with E-state index in [0.717, 1.165) is 6.20 Å². The molecule has 0 aliphatic rings. The van der Waals surface area contributed by atoms with E-state index >= 15 is 0 Å². The van der Waals surface area contributed by atoms with Gasteiger partial charge in [0, 0.05) is 9.77 Å². The third-order valence-corrected chi connectivity index (χ3v) is 2.71. The zero-order valence-electron chi connectivity index (χ0n) is 6.68. The summed E-state index contributed by atoms with van der Waals surface area (Å²) >= 11 is 1.50. The number of nitrogens with one attached hydrogen (secondary N) is 1. The van der Waals surface area contributed by atoms with Gasteiger partial charge in [0.2, 0.25) is 0 Å². The van der Waals surface area contributed by atoms with Crippen LogP contribution in [0.1, 0.15) is 22.3 Å². The number of rotatable bonds is 2. The van der Waals surface area contributed by atoms with E-state index < -0.39 is 23.5 Å². The molecule has 0 aliphatic carbocycles. The highest BCUT2D eigenvalue weighted by Crippen LogP contribution is 2.22. The summed E-state index contributed by atoms with van der Waals surface area (Å²) in [5.74, 6) is -0.854. The largest absolute Gasteiger partial charge is 0.366 e. The molecular formula is C7H5F2IN2O2. The number of amides is 1. The Kier molecular flexibility index (Phi) is 3.19. The first-order chi connectivity index (χ1) is 6.45. The van der Waals surface area contributed by atoms with E-state index in [4.69, 9.17) is 5.73 Å². The van der Waals surface area contributed by atoms with Crippen LogP contribution in [0.2, 0.25) is 0 Å². The molecule has 0 aromatic carbocycles. The fourth-order valence-corrected chi connectivity index (χ4v) is 1.80. The highest BCUT2D eigenvalue weighted by molar-refractivity contribution is 14.1. The number of carbonyl (C=O) groups is 1. The van der Waals surface area contributed by atoms with Crippen molar-refractivity contribution in [3.8, 4) is 0 Å². The SMILES string of the molecule is NC(=O)c1c[nH]c(=O)c(C(F)F)c1I. The van der Waals surface area contributed by atoms with E-state index in [1.807, 2.05) is 4.98 Å². The van der Waals surface area contributed by atoms with E-state index in [-0.39, 0.29) is 9.13 Å². The second-order valence-electron chi connectivity index (χ2n) is 2.42. The van der Waals surface area contributed by atoms with Gasteiger partial charge >= 0.3 is 0 Å². The van der Waals surface area contributed by atoms with Crippen LogP contribution in [0.4, 0.5) is 8.78 Å². The van der Waals surface area contributed by atoms with Gasteiger partial charge in [0.05, 0.1) is 11.1 Å². The van der Waals surface area contributed by atoms with Gasteiger partial charge in [-0.1, -0.05) is 0 Å². The van der Waals surface area contributed by atoms with Crippen LogP contribution in [-0.4, -0.2) is 10.9 Å². The van der Waals surface area contributed by atoms with Gasteiger partial charge in [-0.25, -0.2) is 8.78 Å². The molecule has 0 atom stereocenters. The Morgan fingerprint density at radius 3 is 2.57 bits per heavy atom. The van der Waals surface area contributed by atoms with Crippen molar-refractivity contribution < 1.29 is 13.6 Å². The highest BCUT2D eigenvalue weighted by atomic mass is 127. The summed E-state index contributed by atoms with van der Waals surface area (Å²) in [7, 11) is 0. The lowest BCUT2D eigenvalue weighted by Crippen LogP contribution is -2.21. The minimum absolute atomic E-state index is 0.103. The van der Waals surface area contributed by atoms with Crippen molar-refractivity contribution in [2.45, 2.75) is 6.43 Å². The molecule has 0 radical (unpaired) electrons. The van der Waals surface area contributed by atoms with Gasteiger partial charge in [-0.15, -0.1) is 0 Å². The maximum Gasteiger partial charge on any atom is 0.270 e. The van der Waals surface area contributed by atoms with Gasteiger partial charge in [0.1, 0.15) is 0 Å². The van der Waals surface area contributed by atoms with Crippen molar-refractivity contribution in [3.05, 3.63) is 31.2 Å². The average Bonchev–Trinajstić information content (AvgIpc) is 2.02. The van der Waals surface area contributed by atoms with Gasteiger partial charge in [0.25, 0.3) is 17.9 Å². The van der Waals surface area contributed by atoms with Gasteiger partial charge in [0.15, 0.2) is 0 Å². The Morgan fingerprint density at radius 2 is 2.14 bits per heavy atom. The summed E-state index contributed by atoms with van der Waals surface area (Å²) in [6, 6.07) is 0. The summed E-state index contributed by atoms with van der Waals surface area (Å²) in [6.07, 6.45) is -1.90. The molecule has 0 aliphatic heterocycles. The predicted molar refractivity (Wildman–Crippen MR) is 53.3 cm³/mol. The minimum Gasteiger partial charge on any atom is -0.366 e. The standard InChI is InChI=1S/C7H5F2IN2O2/c8-5(9)3-4(10)2(6(11)13)1-12-7(3)14/h1,5H,(H2,11,13)(H,12,14). The smallest absolute Gasteiger partial charge is 0.270 e. The first-order valence-corrected chi connectivity index (χ1v) is 4.52. The maximum atomic E-state index is 12.4. The maximum absolute atomic E-state index is 12.4. The van der Waals surface area contributed by atoms with Crippen molar-refractivity contribution in [2.24, 2.45) is 5.73 Å². The summed E-state index contributed by atoms with van der Waals surface area (Å²) in [6.45, 7) is 0. The van der Waals surface area contributed by atoms with Gasteiger partial charge in [-0.3, -0.25) is 9.59 Å². The molecule has 1 aromatic rings. The monoisotopic (exact) mass is 314 g/mol. The van der Waals surface area contributed by atoms with Crippen LogP contribution in [0.5, 0.6) is 0 Å². The molecule has 1 aromatic heterocycles. The van der Waals surface area contributed by atoms with Crippen LogP contribution in [-0.2, 0) is 0 Å². The fraction of sp³-hybridized carbons (Fsp3) is 0.143. The molecule has 4 nitrogen and oxygen atoms in total. The van der Waals surface area contributed by atoms with Crippen LogP contribution >= 0.6 is 22.6 Å². The first kappa shape index (κ1) is 11.1. The van der Waals surface area contributed by atoms with Crippen LogP contribution in [0.15, 0.2) is 11.0 Å². The number of nitrogens with two attached hydrogens (primary N) is 1. The zero-order chi connectivity index (χ0) is 10.9. The van der Waals surface area contributed by atoms with Gasteiger partial charge in [-0.2, -0.15) is 0 Å². The molecule has 3 N–H and O–H groups in total. The molecule has 76 valence electrons. The molecular weight excluding hydrogens is 309 g/mol. The first-order valence-electron chi connectivity index (χ1n) is 3.44. The van der Waals surface area contributed by atoms with E-state index in [0.29, 0.717) is 0 Å².